The van der Waals surface area contributed by atoms with Gasteiger partial charge in [0, 0.05) is 12.6 Å². The van der Waals surface area contributed by atoms with Gasteiger partial charge < -0.3 is 0 Å². The molecule has 0 bridgehead atoms. The largest absolute Gasteiger partial charge is 0.268 e. The molecule has 0 amide bonds. The van der Waals surface area contributed by atoms with Gasteiger partial charge in [-0.25, -0.2) is 4.85 Å². The highest BCUT2D eigenvalue weighted by Gasteiger charge is 2.15. The van der Waals surface area contributed by atoms with Crippen LogP contribution in [-0.2, 0) is 7.05 Å². The number of halogens is 1. The van der Waals surface area contributed by atoms with Gasteiger partial charge in [-0.3, -0.25) is 4.68 Å². The summed E-state index contributed by atoms with van der Waals surface area (Å²) in [5.41, 5.74) is 2.50. The second kappa shape index (κ2) is 4.52. The van der Waals surface area contributed by atoms with Gasteiger partial charge in [0.05, 0.1) is 22.9 Å². The Morgan fingerprint density at radius 1 is 1.21 bits per heavy atom. The van der Waals surface area contributed by atoms with Gasteiger partial charge >= 0.3 is 0 Å². The van der Waals surface area contributed by atoms with E-state index >= 15 is 0 Å². The van der Waals surface area contributed by atoms with Gasteiger partial charge in [0.25, 0.3) is 0 Å². The van der Waals surface area contributed by atoms with Gasteiger partial charge in [0.1, 0.15) is 0 Å². The van der Waals surface area contributed by atoms with Crippen LogP contribution in [0.2, 0.25) is 0 Å². The van der Waals surface area contributed by atoms with E-state index in [1.54, 1.807) is 10.9 Å². The molecule has 2 aromatic carbocycles. The number of aryl methyl sites for hydroxylation is 1. The van der Waals surface area contributed by atoms with E-state index in [4.69, 9.17) is 6.57 Å². The predicted molar refractivity (Wildman–Crippen MR) is 80.1 cm³/mol. The van der Waals surface area contributed by atoms with Crippen LogP contribution in [0.4, 0.5) is 5.69 Å². The van der Waals surface area contributed by atoms with Crippen molar-refractivity contribution in [2.75, 3.05) is 0 Å². The lowest BCUT2D eigenvalue weighted by Crippen LogP contribution is -1.94. The van der Waals surface area contributed by atoms with E-state index in [2.05, 4.69) is 25.9 Å². The number of nitrogens with zero attached hydrogens (tertiary/aromatic N) is 3. The molecular formula is C15H10BrN3. The SMILES string of the molecule is [C-]#[N+]c1c(-c2c(Br)cnn2C)ccc2ccccc12. The Labute approximate surface area is 119 Å². The quantitative estimate of drug-likeness (QED) is 0.604. The summed E-state index contributed by atoms with van der Waals surface area (Å²) < 4.78 is 2.68. The van der Waals surface area contributed by atoms with Crippen LogP contribution in [0.5, 0.6) is 0 Å². The molecule has 0 atom stereocenters. The Hall–Kier alpha value is -2.12. The van der Waals surface area contributed by atoms with Crippen LogP contribution in [-0.4, -0.2) is 9.78 Å². The molecule has 92 valence electrons. The molecule has 1 heterocycles. The van der Waals surface area contributed by atoms with Gasteiger partial charge in [-0.15, -0.1) is 0 Å². The van der Waals surface area contributed by atoms with Crippen molar-refractivity contribution in [1.29, 1.82) is 0 Å². The van der Waals surface area contributed by atoms with Crippen LogP contribution in [0.1, 0.15) is 0 Å². The zero-order valence-electron chi connectivity index (χ0n) is 10.3. The van der Waals surface area contributed by atoms with Gasteiger partial charge in [-0.05, 0) is 26.7 Å². The molecule has 3 nitrogen and oxygen atoms in total. The van der Waals surface area contributed by atoms with Crippen molar-refractivity contribution in [1.82, 2.24) is 9.78 Å². The lowest BCUT2D eigenvalue weighted by molar-refractivity contribution is 0.776. The molecule has 0 aliphatic rings. The van der Waals surface area contributed by atoms with Crippen molar-refractivity contribution in [3.8, 4) is 11.3 Å². The summed E-state index contributed by atoms with van der Waals surface area (Å²) in [6, 6.07) is 12.0. The highest BCUT2D eigenvalue weighted by molar-refractivity contribution is 9.10. The van der Waals surface area contributed by atoms with Crippen LogP contribution >= 0.6 is 15.9 Å². The van der Waals surface area contributed by atoms with Crippen LogP contribution in [0.3, 0.4) is 0 Å². The summed E-state index contributed by atoms with van der Waals surface area (Å²) in [5, 5.41) is 6.27. The molecule has 3 aromatic rings. The lowest BCUT2D eigenvalue weighted by Gasteiger charge is -2.09. The van der Waals surface area contributed by atoms with Crippen molar-refractivity contribution < 1.29 is 0 Å². The molecule has 0 N–H and O–H groups in total. The Balaban J connectivity index is 2.40. The van der Waals surface area contributed by atoms with E-state index in [-0.39, 0.29) is 0 Å². The second-order valence-electron chi connectivity index (χ2n) is 4.26. The first-order valence-corrected chi connectivity index (χ1v) is 6.58. The molecule has 19 heavy (non-hydrogen) atoms. The molecule has 0 fully saturated rings. The smallest absolute Gasteiger partial charge is 0.204 e. The molecular weight excluding hydrogens is 302 g/mol. The average molecular weight is 312 g/mol. The summed E-state index contributed by atoms with van der Waals surface area (Å²) in [6.07, 6.45) is 1.75. The van der Waals surface area contributed by atoms with E-state index in [1.807, 2.05) is 43.4 Å². The molecule has 1 aromatic heterocycles. The maximum atomic E-state index is 7.49. The lowest BCUT2D eigenvalue weighted by atomic mass is 10.0. The van der Waals surface area contributed by atoms with E-state index in [0.717, 1.165) is 26.5 Å². The third-order valence-corrected chi connectivity index (χ3v) is 3.74. The molecule has 3 rings (SSSR count). The standard InChI is InChI=1S/C15H10BrN3/c1-17-14-11-6-4-3-5-10(11)7-8-12(14)15-13(16)9-18-19(15)2/h3-9H,2H3. The van der Waals surface area contributed by atoms with Crippen molar-refractivity contribution in [3.63, 3.8) is 0 Å². The van der Waals surface area contributed by atoms with Gasteiger partial charge in [-0.1, -0.05) is 36.4 Å². The minimum Gasteiger partial charge on any atom is -0.268 e. The van der Waals surface area contributed by atoms with E-state index in [9.17, 15) is 0 Å². The molecule has 0 spiro atoms. The Kier molecular flexibility index (Phi) is 2.84. The normalized spacial score (nSPS) is 10.6. The first-order valence-electron chi connectivity index (χ1n) is 5.79. The number of benzene rings is 2. The molecule has 0 aliphatic heterocycles. The fraction of sp³-hybridized carbons (Fsp3) is 0.0667. The van der Waals surface area contributed by atoms with Crippen LogP contribution in [0, 0.1) is 6.57 Å². The summed E-state index contributed by atoms with van der Waals surface area (Å²) in [7, 11) is 1.88. The number of rotatable bonds is 1. The monoisotopic (exact) mass is 311 g/mol. The van der Waals surface area contributed by atoms with Crippen molar-refractivity contribution in [2.45, 2.75) is 0 Å². The first kappa shape index (κ1) is 11.9. The summed E-state index contributed by atoms with van der Waals surface area (Å²) >= 11 is 3.50. The fourth-order valence-corrected chi connectivity index (χ4v) is 2.84. The van der Waals surface area contributed by atoms with E-state index in [1.165, 1.54) is 0 Å². The molecule has 0 radical (unpaired) electrons. The third kappa shape index (κ3) is 1.83. The maximum Gasteiger partial charge on any atom is 0.204 e. The number of hydrogen-bond acceptors (Lipinski definition) is 1. The molecule has 0 unspecified atom stereocenters. The van der Waals surface area contributed by atoms with Crippen LogP contribution in [0.15, 0.2) is 47.1 Å². The van der Waals surface area contributed by atoms with Crippen LogP contribution < -0.4 is 0 Å². The van der Waals surface area contributed by atoms with Gasteiger partial charge in [0.15, 0.2) is 0 Å². The van der Waals surface area contributed by atoms with Gasteiger partial charge in [-0.2, -0.15) is 5.10 Å². The zero-order valence-corrected chi connectivity index (χ0v) is 11.8. The third-order valence-electron chi connectivity index (χ3n) is 3.16. The summed E-state index contributed by atoms with van der Waals surface area (Å²) in [6.45, 7) is 7.49. The van der Waals surface area contributed by atoms with Crippen molar-refractivity contribution in [3.05, 3.63) is 58.5 Å². The molecule has 0 aliphatic carbocycles. The minimum absolute atomic E-state index is 0.669. The van der Waals surface area contributed by atoms with Crippen molar-refractivity contribution in [2.24, 2.45) is 7.05 Å². The number of aromatic nitrogens is 2. The Morgan fingerprint density at radius 2 is 2.00 bits per heavy atom. The molecule has 0 saturated carbocycles. The second-order valence-corrected chi connectivity index (χ2v) is 5.11. The number of hydrogen-bond donors (Lipinski definition) is 0. The van der Waals surface area contributed by atoms with Crippen LogP contribution in [0.25, 0.3) is 26.9 Å². The topological polar surface area (TPSA) is 22.2 Å². The predicted octanol–water partition coefficient (Wildman–Crippen LogP) is 4.55. The molecule has 0 saturated heterocycles. The zero-order chi connectivity index (χ0) is 13.4. The highest BCUT2D eigenvalue weighted by atomic mass is 79.9. The Bertz CT molecular complexity index is 792. The Morgan fingerprint density at radius 3 is 2.68 bits per heavy atom. The summed E-state index contributed by atoms with van der Waals surface area (Å²) in [5.74, 6) is 0. The molecule has 4 heteroatoms. The fourth-order valence-electron chi connectivity index (χ4n) is 2.28. The average Bonchev–Trinajstić information content (AvgIpc) is 2.77. The van der Waals surface area contributed by atoms with Gasteiger partial charge in [0.2, 0.25) is 5.69 Å². The summed E-state index contributed by atoms with van der Waals surface area (Å²) in [4.78, 5) is 3.72. The van der Waals surface area contributed by atoms with Crippen molar-refractivity contribution >= 4 is 32.4 Å². The first-order chi connectivity index (χ1) is 9.22. The van der Waals surface area contributed by atoms with E-state index < -0.39 is 0 Å². The minimum atomic E-state index is 0.669. The number of fused-ring (bicyclic) bond motifs is 1. The maximum absolute atomic E-state index is 7.49. The van der Waals surface area contributed by atoms with E-state index in [0.29, 0.717) is 5.69 Å². The highest BCUT2D eigenvalue weighted by Crippen LogP contribution is 2.39.